The third kappa shape index (κ3) is 5.63. The van der Waals surface area contributed by atoms with Crippen molar-refractivity contribution in [3.05, 3.63) is 35.6 Å². The Morgan fingerprint density at radius 3 is 2.29 bits per heavy atom. The lowest BCUT2D eigenvalue weighted by Crippen LogP contribution is -2.44. The molecule has 94 valence electrons. The highest BCUT2D eigenvalue weighted by atomic mass is 32.1. The second-order valence-electron chi connectivity index (χ2n) is 4.50. The van der Waals surface area contributed by atoms with Gasteiger partial charge in [0, 0.05) is 12.1 Å². The maximum absolute atomic E-state index is 12.7. The molecule has 2 nitrogen and oxygen atoms in total. The van der Waals surface area contributed by atoms with Crippen LogP contribution in [0, 0.1) is 5.82 Å². The van der Waals surface area contributed by atoms with Gasteiger partial charge in [0.05, 0.1) is 0 Å². The van der Waals surface area contributed by atoms with Crippen molar-refractivity contribution in [2.24, 2.45) is 0 Å². The van der Waals surface area contributed by atoms with Crippen molar-refractivity contribution < 1.29 is 4.39 Å². The Bertz CT molecular complexity index is 362. The fourth-order valence-electron chi connectivity index (χ4n) is 1.55. The van der Waals surface area contributed by atoms with Gasteiger partial charge in [-0.3, -0.25) is 0 Å². The predicted octanol–water partition coefficient (Wildman–Crippen LogP) is 2.63. The van der Waals surface area contributed by atoms with Crippen LogP contribution in [0.1, 0.15) is 26.3 Å². The molecular weight excluding hydrogens is 235 g/mol. The molecule has 0 amide bonds. The lowest BCUT2D eigenvalue weighted by Gasteiger charge is -2.18. The molecule has 0 saturated carbocycles. The molecule has 0 aliphatic carbocycles. The minimum Gasteiger partial charge on any atom is -0.361 e. The first-order valence-electron chi connectivity index (χ1n) is 5.79. The van der Waals surface area contributed by atoms with Crippen LogP contribution in [-0.4, -0.2) is 17.2 Å². The van der Waals surface area contributed by atoms with Crippen molar-refractivity contribution in [3.8, 4) is 0 Å². The first-order chi connectivity index (χ1) is 7.97. The Balaban J connectivity index is 2.41. The van der Waals surface area contributed by atoms with Crippen LogP contribution >= 0.6 is 12.2 Å². The van der Waals surface area contributed by atoms with Gasteiger partial charge in [-0.15, -0.1) is 0 Å². The number of thiocarbonyl (C=S) groups is 1. The maximum atomic E-state index is 12.7. The average Bonchev–Trinajstić information content (AvgIpc) is 2.19. The molecular formula is C13H19FN2S. The molecule has 0 heterocycles. The Kier molecular flexibility index (Phi) is 5.35. The van der Waals surface area contributed by atoms with E-state index in [0.717, 1.165) is 12.0 Å². The van der Waals surface area contributed by atoms with Crippen LogP contribution in [0.4, 0.5) is 4.39 Å². The van der Waals surface area contributed by atoms with Crippen molar-refractivity contribution in [1.29, 1.82) is 0 Å². The van der Waals surface area contributed by atoms with Gasteiger partial charge >= 0.3 is 0 Å². The fourth-order valence-corrected chi connectivity index (χ4v) is 1.99. The highest BCUT2D eigenvalue weighted by Gasteiger charge is 2.06. The minimum absolute atomic E-state index is 0.202. The van der Waals surface area contributed by atoms with Gasteiger partial charge in [0.1, 0.15) is 5.82 Å². The summed E-state index contributed by atoms with van der Waals surface area (Å²) in [6.45, 7) is 6.13. The molecule has 2 N–H and O–H groups in total. The second kappa shape index (κ2) is 6.55. The lowest BCUT2D eigenvalue weighted by molar-refractivity contribution is 0.618. The summed E-state index contributed by atoms with van der Waals surface area (Å²) in [6, 6.07) is 7.10. The van der Waals surface area contributed by atoms with Crippen molar-refractivity contribution in [1.82, 2.24) is 10.6 Å². The summed E-state index contributed by atoms with van der Waals surface area (Å²) in [4.78, 5) is 0. The Labute approximate surface area is 108 Å². The Morgan fingerprint density at radius 1 is 1.18 bits per heavy atom. The summed E-state index contributed by atoms with van der Waals surface area (Å²) in [7, 11) is 0. The SMILES string of the molecule is CC(C)NC(=S)NC(C)Cc1ccc(F)cc1. The van der Waals surface area contributed by atoms with E-state index in [2.05, 4.69) is 17.6 Å². The highest BCUT2D eigenvalue weighted by molar-refractivity contribution is 7.80. The molecule has 1 aromatic rings. The summed E-state index contributed by atoms with van der Waals surface area (Å²) < 4.78 is 12.7. The van der Waals surface area contributed by atoms with Crippen LogP contribution in [0.15, 0.2) is 24.3 Å². The van der Waals surface area contributed by atoms with Gasteiger partial charge in [-0.05, 0) is 57.1 Å². The zero-order valence-electron chi connectivity index (χ0n) is 10.5. The molecule has 4 heteroatoms. The molecule has 1 unspecified atom stereocenters. The van der Waals surface area contributed by atoms with Crippen molar-refractivity contribution in [2.45, 2.75) is 39.3 Å². The van der Waals surface area contributed by atoms with Gasteiger partial charge in [0.2, 0.25) is 0 Å². The van der Waals surface area contributed by atoms with Crippen LogP contribution in [0.3, 0.4) is 0 Å². The molecule has 0 radical (unpaired) electrons. The normalized spacial score (nSPS) is 12.3. The van der Waals surface area contributed by atoms with Crippen LogP contribution in [0.2, 0.25) is 0 Å². The molecule has 0 aliphatic rings. The van der Waals surface area contributed by atoms with Gasteiger partial charge < -0.3 is 10.6 Å². The Morgan fingerprint density at radius 2 is 1.76 bits per heavy atom. The van der Waals surface area contributed by atoms with Crippen LogP contribution in [0.5, 0.6) is 0 Å². The second-order valence-corrected chi connectivity index (χ2v) is 4.91. The molecule has 0 fully saturated rings. The number of rotatable bonds is 4. The Hall–Kier alpha value is -1.16. The van der Waals surface area contributed by atoms with E-state index in [1.165, 1.54) is 12.1 Å². The molecule has 17 heavy (non-hydrogen) atoms. The lowest BCUT2D eigenvalue weighted by atomic mass is 10.1. The number of nitrogens with one attached hydrogen (secondary N) is 2. The summed E-state index contributed by atoms with van der Waals surface area (Å²) >= 11 is 5.16. The van der Waals surface area contributed by atoms with E-state index in [1.54, 1.807) is 12.1 Å². The zero-order valence-corrected chi connectivity index (χ0v) is 11.3. The molecule has 0 aromatic heterocycles. The molecule has 1 rings (SSSR count). The van der Waals surface area contributed by atoms with Gasteiger partial charge in [-0.2, -0.15) is 0 Å². The standard InChI is InChI=1S/C13H19FN2S/c1-9(2)15-13(17)16-10(3)8-11-4-6-12(14)7-5-11/h4-7,9-10H,8H2,1-3H3,(H2,15,16,17). The van der Waals surface area contributed by atoms with Crippen molar-refractivity contribution in [2.75, 3.05) is 0 Å². The number of benzene rings is 1. The third-order valence-corrected chi connectivity index (χ3v) is 2.49. The van der Waals surface area contributed by atoms with Gasteiger partial charge in [-0.25, -0.2) is 4.39 Å². The number of hydrogen-bond donors (Lipinski definition) is 2. The van der Waals surface area contributed by atoms with E-state index >= 15 is 0 Å². The van der Waals surface area contributed by atoms with Gasteiger partial charge in [-0.1, -0.05) is 12.1 Å². The number of hydrogen-bond acceptors (Lipinski definition) is 1. The molecule has 0 spiro atoms. The van der Waals surface area contributed by atoms with E-state index in [4.69, 9.17) is 12.2 Å². The summed E-state index contributed by atoms with van der Waals surface area (Å²) in [6.07, 6.45) is 0.820. The summed E-state index contributed by atoms with van der Waals surface area (Å²) in [5.41, 5.74) is 1.10. The average molecular weight is 254 g/mol. The quantitative estimate of drug-likeness (QED) is 0.808. The molecule has 0 bridgehead atoms. The summed E-state index contributed by atoms with van der Waals surface area (Å²) in [5.74, 6) is -0.202. The van der Waals surface area contributed by atoms with E-state index in [-0.39, 0.29) is 11.9 Å². The largest absolute Gasteiger partial charge is 0.361 e. The molecule has 0 aliphatic heterocycles. The highest BCUT2D eigenvalue weighted by Crippen LogP contribution is 2.05. The van der Waals surface area contributed by atoms with Crippen LogP contribution < -0.4 is 10.6 Å². The van der Waals surface area contributed by atoms with Crippen LogP contribution in [0.25, 0.3) is 0 Å². The van der Waals surface area contributed by atoms with Crippen LogP contribution in [-0.2, 0) is 6.42 Å². The first kappa shape index (κ1) is 13.9. The number of halogens is 1. The fraction of sp³-hybridized carbons (Fsp3) is 0.462. The van der Waals surface area contributed by atoms with E-state index in [1.807, 2.05) is 13.8 Å². The third-order valence-electron chi connectivity index (χ3n) is 2.25. The maximum Gasteiger partial charge on any atom is 0.166 e. The molecule has 0 saturated heterocycles. The molecule has 1 atom stereocenters. The summed E-state index contributed by atoms with van der Waals surface area (Å²) in [5, 5.41) is 6.99. The molecule has 1 aromatic carbocycles. The first-order valence-corrected chi connectivity index (χ1v) is 6.19. The van der Waals surface area contributed by atoms with Gasteiger partial charge in [0.25, 0.3) is 0 Å². The minimum atomic E-state index is -0.202. The van der Waals surface area contributed by atoms with Crippen molar-refractivity contribution >= 4 is 17.3 Å². The monoisotopic (exact) mass is 254 g/mol. The van der Waals surface area contributed by atoms with Crippen molar-refractivity contribution in [3.63, 3.8) is 0 Å². The van der Waals surface area contributed by atoms with E-state index in [0.29, 0.717) is 11.2 Å². The van der Waals surface area contributed by atoms with E-state index < -0.39 is 0 Å². The zero-order chi connectivity index (χ0) is 12.8. The predicted molar refractivity (Wildman–Crippen MR) is 73.6 cm³/mol. The van der Waals surface area contributed by atoms with Gasteiger partial charge in [0.15, 0.2) is 5.11 Å². The van der Waals surface area contributed by atoms with E-state index in [9.17, 15) is 4.39 Å². The smallest absolute Gasteiger partial charge is 0.166 e. The topological polar surface area (TPSA) is 24.1 Å².